The van der Waals surface area contributed by atoms with Crippen molar-refractivity contribution in [3.05, 3.63) is 39.6 Å². The molecule has 2 aromatic rings. The molecule has 5 heteroatoms. The molecule has 0 saturated heterocycles. The monoisotopic (exact) mass is 227 g/mol. The summed E-state index contributed by atoms with van der Waals surface area (Å²) in [6, 6.07) is 1.98. The lowest BCUT2D eigenvalue weighted by Crippen LogP contribution is -2.11. The van der Waals surface area contributed by atoms with Gasteiger partial charge in [-0.15, -0.1) is 11.3 Å². The van der Waals surface area contributed by atoms with E-state index in [1.807, 2.05) is 17.6 Å². The van der Waals surface area contributed by atoms with E-state index in [-0.39, 0.29) is 0 Å². The van der Waals surface area contributed by atoms with Crippen molar-refractivity contribution in [3.8, 4) is 0 Å². The third-order valence-corrected chi connectivity index (χ3v) is 3.08. The van der Waals surface area contributed by atoms with Crippen LogP contribution in [-0.4, -0.2) is 9.97 Å². The van der Waals surface area contributed by atoms with Gasteiger partial charge >= 0.3 is 0 Å². The first kappa shape index (κ1) is 9.71. The Morgan fingerprint density at radius 1 is 1.50 bits per heavy atom. The van der Waals surface area contributed by atoms with Crippen LogP contribution in [0.2, 0.25) is 5.02 Å². The van der Waals surface area contributed by atoms with Crippen molar-refractivity contribution in [3.63, 3.8) is 0 Å². The second-order valence-electron chi connectivity index (χ2n) is 2.91. The van der Waals surface area contributed by atoms with Crippen LogP contribution in [0.1, 0.15) is 10.6 Å². The topological polar surface area (TPSA) is 40.7 Å². The van der Waals surface area contributed by atoms with Gasteiger partial charge < -0.3 is 10.3 Å². The predicted octanol–water partition coefficient (Wildman–Crippen LogP) is 2.41. The first-order chi connectivity index (χ1) is 6.84. The molecule has 14 heavy (non-hydrogen) atoms. The molecule has 3 nitrogen and oxygen atoms in total. The molecule has 0 fully saturated rings. The van der Waals surface area contributed by atoms with Crippen LogP contribution in [0.25, 0.3) is 0 Å². The highest BCUT2D eigenvalue weighted by molar-refractivity contribution is 7.10. The number of halogens is 1. The number of H-pyrrole nitrogens is 1. The van der Waals surface area contributed by atoms with Gasteiger partial charge in [-0.1, -0.05) is 11.6 Å². The highest BCUT2D eigenvalue weighted by Crippen LogP contribution is 2.18. The van der Waals surface area contributed by atoms with Crippen molar-refractivity contribution < 1.29 is 0 Å². The quantitative estimate of drug-likeness (QED) is 0.842. The predicted molar refractivity (Wildman–Crippen MR) is 58.5 cm³/mol. The number of aromatic nitrogens is 2. The largest absolute Gasteiger partial charge is 0.347 e. The van der Waals surface area contributed by atoms with Gasteiger partial charge in [-0.3, -0.25) is 0 Å². The van der Waals surface area contributed by atoms with Crippen molar-refractivity contribution in [2.75, 3.05) is 0 Å². The first-order valence-electron chi connectivity index (χ1n) is 4.25. The molecular weight excluding hydrogens is 218 g/mol. The zero-order valence-corrected chi connectivity index (χ0v) is 9.03. The van der Waals surface area contributed by atoms with Crippen LogP contribution in [0.4, 0.5) is 0 Å². The molecular formula is C9H10ClN3S. The average molecular weight is 228 g/mol. The molecule has 0 atom stereocenters. The second-order valence-corrected chi connectivity index (χ2v) is 4.34. The van der Waals surface area contributed by atoms with Gasteiger partial charge in [0.05, 0.1) is 11.3 Å². The van der Waals surface area contributed by atoms with E-state index >= 15 is 0 Å². The SMILES string of the molecule is Clc1csc(CNCc2cnc[nH]2)c1. The minimum absolute atomic E-state index is 0.801. The molecule has 74 valence electrons. The summed E-state index contributed by atoms with van der Waals surface area (Å²) in [5.41, 5.74) is 1.09. The Morgan fingerprint density at radius 3 is 3.07 bits per heavy atom. The number of nitrogens with one attached hydrogen (secondary N) is 2. The molecule has 2 N–H and O–H groups in total. The van der Waals surface area contributed by atoms with E-state index in [0.717, 1.165) is 23.8 Å². The fourth-order valence-electron chi connectivity index (χ4n) is 1.15. The van der Waals surface area contributed by atoms with E-state index < -0.39 is 0 Å². The third-order valence-electron chi connectivity index (χ3n) is 1.79. The summed E-state index contributed by atoms with van der Waals surface area (Å²) in [6.45, 7) is 1.64. The zero-order valence-electron chi connectivity index (χ0n) is 7.46. The van der Waals surface area contributed by atoms with E-state index in [1.54, 1.807) is 17.7 Å². The number of rotatable bonds is 4. The highest BCUT2D eigenvalue weighted by atomic mass is 35.5. The van der Waals surface area contributed by atoms with Crippen molar-refractivity contribution in [1.29, 1.82) is 0 Å². The van der Waals surface area contributed by atoms with Crippen LogP contribution in [0.15, 0.2) is 24.0 Å². The van der Waals surface area contributed by atoms with Gasteiger partial charge in [0, 0.05) is 35.2 Å². The minimum atomic E-state index is 0.801. The smallest absolute Gasteiger partial charge is 0.0922 e. The minimum Gasteiger partial charge on any atom is -0.347 e. The van der Waals surface area contributed by atoms with Crippen LogP contribution in [0.5, 0.6) is 0 Å². The Balaban J connectivity index is 1.78. The van der Waals surface area contributed by atoms with Crippen molar-refractivity contribution in [1.82, 2.24) is 15.3 Å². The Labute approximate surface area is 91.1 Å². The number of nitrogens with zero attached hydrogens (tertiary/aromatic N) is 1. The maximum absolute atomic E-state index is 5.81. The van der Waals surface area contributed by atoms with Gasteiger partial charge in [-0.25, -0.2) is 4.98 Å². The normalized spacial score (nSPS) is 10.6. The summed E-state index contributed by atoms with van der Waals surface area (Å²) in [4.78, 5) is 8.22. The number of hydrogen-bond acceptors (Lipinski definition) is 3. The second kappa shape index (κ2) is 4.59. The summed E-state index contributed by atoms with van der Waals surface area (Å²) >= 11 is 7.47. The van der Waals surface area contributed by atoms with Crippen LogP contribution < -0.4 is 5.32 Å². The molecule has 0 aliphatic heterocycles. The number of aromatic amines is 1. The molecule has 0 aromatic carbocycles. The molecule has 2 rings (SSSR count). The van der Waals surface area contributed by atoms with Crippen LogP contribution in [0.3, 0.4) is 0 Å². The van der Waals surface area contributed by atoms with Gasteiger partial charge in [0.1, 0.15) is 0 Å². The van der Waals surface area contributed by atoms with E-state index in [2.05, 4.69) is 15.3 Å². The maximum atomic E-state index is 5.81. The van der Waals surface area contributed by atoms with Crippen molar-refractivity contribution in [2.24, 2.45) is 0 Å². The molecule has 0 saturated carbocycles. The van der Waals surface area contributed by atoms with Gasteiger partial charge in [-0.2, -0.15) is 0 Å². The molecule has 0 amide bonds. The van der Waals surface area contributed by atoms with Crippen LogP contribution in [-0.2, 0) is 13.1 Å². The van der Waals surface area contributed by atoms with Crippen molar-refractivity contribution in [2.45, 2.75) is 13.1 Å². The lowest BCUT2D eigenvalue weighted by atomic mass is 10.4. The van der Waals surface area contributed by atoms with Gasteiger partial charge in [-0.05, 0) is 6.07 Å². The van der Waals surface area contributed by atoms with E-state index in [1.165, 1.54) is 4.88 Å². The van der Waals surface area contributed by atoms with Crippen LogP contribution >= 0.6 is 22.9 Å². The Hall–Kier alpha value is -0.840. The molecule has 0 spiro atoms. The number of thiophene rings is 1. The summed E-state index contributed by atoms with van der Waals surface area (Å²) in [5.74, 6) is 0. The van der Waals surface area contributed by atoms with Gasteiger partial charge in [0.15, 0.2) is 0 Å². The molecule has 0 aliphatic carbocycles. The summed E-state index contributed by atoms with van der Waals surface area (Å²) < 4.78 is 0. The molecule has 2 heterocycles. The molecule has 0 unspecified atom stereocenters. The summed E-state index contributed by atoms with van der Waals surface area (Å²) in [6.07, 6.45) is 3.49. The van der Waals surface area contributed by atoms with E-state index in [9.17, 15) is 0 Å². The summed E-state index contributed by atoms with van der Waals surface area (Å²) in [5, 5.41) is 6.05. The molecule has 2 aromatic heterocycles. The van der Waals surface area contributed by atoms with Gasteiger partial charge in [0.2, 0.25) is 0 Å². The first-order valence-corrected chi connectivity index (χ1v) is 5.51. The Kier molecular flexibility index (Phi) is 3.18. The highest BCUT2D eigenvalue weighted by Gasteiger charge is 1.97. The number of hydrogen-bond donors (Lipinski definition) is 2. The fourth-order valence-corrected chi connectivity index (χ4v) is 2.19. The fraction of sp³-hybridized carbons (Fsp3) is 0.222. The Morgan fingerprint density at radius 2 is 2.43 bits per heavy atom. The lowest BCUT2D eigenvalue weighted by molar-refractivity contribution is 0.689. The van der Waals surface area contributed by atoms with Crippen molar-refractivity contribution >= 4 is 22.9 Å². The standard InChI is InChI=1S/C9H10ClN3S/c10-7-1-9(14-5-7)4-11-2-8-3-12-6-13-8/h1,3,5-6,11H,2,4H2,(H,12,13). The van der Waals surface area contributed by atoms with E-state index in [0.29, 0.717) is 0 Å². The molecule has 0 aliphatic rings. The molecule has 0 bridgehead atoms. The van der Waals surface area contributed by atoms with E-state index in [4.69, 9.17) is 11.6 Å². The number of imidazole rings is 1. The van der Waals surface area contributed by atoms with Crippen LogP contribution in [0, 0.1) is 0 Å². The molecule has 0 radical (unpaired) electrons. The lowest BCUT2D eigenvalue weighted by Gasteiger charge is -1.99. The third kappa shape index (κ3) is 2.57. The summed E-state index contributed by atoms with van der Waals surface area (Å²) in [7, 11) is 0. The zero-order chi connectivity index (χ0) is 9.80. The Bertz CT molecular complexity index is 382. The van der Waals surface area contributed by atoms with Gasteiger partial charge in [0.25, 0.3) is 0 Å². The maximum Gasteiger partial charge on any atom is 0.0922 e. The average Bonchev–Trinajstić information content (AvgIpc) is 2.77.